The highest BCUT2D eigenvalue weighted by molar-refractivity contribution is 7.97. The van der Waals surface area contributed by atoms with Crippen LogP contribution in [0, 0.1) is 0 Å². The van der Waals surface area contributed by atoms with Gasteiger partial charge in [0.05, 0.1) is 0 Å². The fraction of sp³-hybridized carbons (Fsp3) is 0.182. The minimum Gasteiger partial charge on any atom is -0.256 e. The van der Waals surface area contributed by atoms with Crippen LogP contribution < -0.4 is 4.72 Å². The van der Waals surface area contributed by atoms with Crippen LogP contribution >= 0.6 is 46.8 Å². The summed E-state index contributed by atoms with van der Waals surface area (Å²) in [5.41, 5.74) is 2.50. The normalized spacial score (nSPS) is 13.3. The van der Waals surface area contributed by atoms with E-state index in [-0.39, 0.29) is 12.0 Å². The lowest BCUT2D eigenvalue weighted by molar-refractivity contribution is 0.537. The highest BCUT2D eigenvalue weighted by Crippen LogP contribution is 2.29. The van der Waals surface area contributed by atoms with Gasteiger partial charge >= 0.3 is 0 Å². The van der Waals surface area contributed by atoms with Gasteiger partial charge < -0.3 is 0 Å². The summed E-state index contributed by atoms with van der Waals surface area (Å²) in [6.45, 7) is 2.20. The van der Waals surface area contributed by atoms with Gasteiger partial charge in [0.25, 0.3) is 0 Å². The predicted octanol–water partition coefficient (Wildman–Crippen LogP) is 7.66. The average molecular weight is 437 g/mol. The Morgan fingerprint density at radius 1 is 0.815 bits per heavy atom. The number of hydrogen-bond donors (Lipinski definition) is 1. The molecule has 2 unspecified atom stereocenters. The summed E-state index contributed by atoms with van der Waals surface area (Å²) in [5.74, 6) is 0.287. The zero-order chi connectivity index (χ0) is 19.2. The van der Waals surface area contributed by atoms with Crippen molar-refractivity contribution in [3.63, 3.8) is 0 Å². The van der Waals surface area contributed by atoms with Crippen molar-refractivity contribution in [2.75, 3.05) is 0 Å². The number of halogens is 3. The molecule has 27 heavy (non-hydrogen) atoms. The van der Waals surface area contributed by atoms with E-state index in [1.807, 2.05) is 48.5 Å². The maximum atomic E-state index is 6.09. The van der Waals surface area contributed by atoms with Crippen molar-refractivity contribution < 1.29 is 0 Å². The summed E-state index contributed by atoms with van der Waals surface area (Å²) in [7, 11) is 0. The first-order valence-electron chi connectivity index (χ1n) is 8.69. The van der Waals surface area contributed by atoms with Gasteiger partial charge in [-0.3, -0.25) is 4.72 Å². The smallest absolute Gasteiger partial charge is 0.0417 e. The first-order valence-corrected chi connectivity index (χ1v) is 10.6. The summed E-state index contributed by atoms with van der Waals surface area (Å²) < 4.78 is 3.57. The molecule has 2 atom stereocenters. The highest BCUT2D eigenvalue weighted by atomic mass is 35.5. The van der Waals surface area contributed by atoms with Crippen LogP contribution in [0.3, 0.4) is 0 Å². The lowest BCUT2D eigenvalue weighted by Crippen LogP contribution is -2.28. The van der Waals surface area contributed by atoms with Crippen LogP contribution in [0.4, 0.5) is 0 Å². The molecule has 0 aliphatic heterocycles. The van der Waals surface area contributed by atoms with Crippen molar-refractivity contribution in [3.8, 4) is 0 Å². The predicted molar refractivity (Wildman–Crippen MR) is 119 cm³/mol. The van der Waals surface area contributed by atoms with Crippen LogP contribution in [0.1, 0.15) is 24.0 Å². The summed E-state index contributed by atoms with van der Waals surface area (Å²) in [5, 5.41) is 2.24. The Labute approximate surface area is 180 Å². The zero-order valence-electron chi connectivity index (χ0n) is 14.8. The maximum Gasteiger partial charge on any atom is 0.0417 e. The van der Waals surface area contributed by atoms with Gasteiger partial charge in [0.15, 0.2) is 0 Å². The van der Waals surface area contributed by atoms with E-state index in [2.05, 4.69) is 35.9 Å². The third-order valence-electron chi connectivity index (χ3n) is 4.43. The van der Waals surface area contributed by atoms with Crippen LogP contribution in [-0.2, 0) is 6.42 Å². The lowest BCUT2D eigenvalue weighted by Gasteiger charge is -2.25. The van der Waals surface area contributed by atoms with Crippen LogP contribution in [0.25, 0.3) is 0 Å². The van der Waals surface area contributed by atoms with Gasteiger partial charge in [-0.25, -0.2) is 0 Å². The Bertz CT molecular complexity index is 865. The van der Waals surface area contributed by atoms with E-state index in [4.69, 9.17) is 34.8 Å². The van der Waals surface area contributed by atoms with E-state index >= 15 is 0 Å². The Morgan fingerprint density at radius 2 is 1.44 bits per heavy atom. The first kappa shape index (κ1) is 20.6. The topological polar surface area (TPSA) is 12.0 Å². The van der Waals surface area contributed by atoms with E-state index in [0.29, 0.717) is 0 Å². The van der Waals surface area contributed by atoms with E-state index in [0.717, 1.165) is 26.4 Å². The van der Waals surface area contributed by atoms with Crippen molar-refractivity contribution >= 4 is 46.8 Å². The molecule has 3 rings (SSSR count). The SMILES string of the molecule is CC(NSc1cccc(Cl)c1)C(Cc1ccc(Cl)cc1)c1ccc(Cl)cc1. The fourth-order valence-corrected chi connectivity index (χ4v) is 4.27. The third kappa shape index (κ3) is 6.17. The zero-order valence-corrected chi connectivity index (χ0v) is 17.9. The molecule has 0 amide bonds. The molecule has 3 aromatic carbocycles. The Hall–Kier alpha value is -1.16. The van der Waals surface area contributed by atoms with Gasteiger partial charge in [0, 0.05) is 31.9 Å². The van der Waals surface area contributed by atoms with Crippen molar-refractivity contribution in [3.05, 3.63) is 99.0 Å². The summed E-state index contributed by atoms with van der Waals surface area (Å²) >= 11 is 19.8. The standard InChI is InChI=1S/C22H20Cl3NS/c1-15(26-27-21-4-2-3-20(25)14-21)22(17-7-11-19(24)12-8-17)13-16-5-9-18(23)10-6-16/h2-12,14-15,22,26H,13H2,1H3. The van der Waals surface area contributed by atoms with Crippen molar-refractivity contribution in [2.24, 2.45) is 0 Å². The van der Waals surface area contributed by atoms with Crippen LogP contribution in [0.5, 0.6) is 0 Å². The summed E-state index contributed by atoms with van der Waals surface area (Å²) in [6.07, 6.45) is 0.906. The maximum absolute atomic E-state index is 6.09. The van der Waals surface area contributed by atoms with E-state index in [1.165, 1.54) is 11.1 Å². The van der Waals surface area contributed by atoms with Crippen LogP contribution in [0.2, 0.25) is 15.1 Å². The van der Waals surface area contributed by atoms with Crippen LogP contribution in [0.15, 0.2) is 77.7 Å². The Balaban J connectivity index is 1.77. The highest BCUT2D eigenvalue weighted by Gasteiger charge is 2.20. The molecule has 0 aliphatic rings. The molecule has 0 bridgehead atoms. The van der Waals surface area contributed by atoms with Crippen molar-refractivity contribution in [2.45, 2.75) is 30.2 Å². The molecule has 1 nitrogen and oxygen atoms in total. The summed E-state index contributed by atoms with van der Waals surface area (Å²) in [4.78, 5) is 1.09. The quantitative estimate of drug-likeness (QED) is 0.381. The van der Waals surface area contributed by atoms with E-state index in [9.17, 15) is 0 Å². The minimum atomic E-state index is 0.228. The van der Waals surface area contributed by atoms with Crippen LogP contribution in [-0.4, -0.2) is 6.04 Å². The molecule has 3 aromatic rings. The molecule has 0 fully saturated rings. The molecular formula is C22H20Cl3NS. The van der Waals surface area contributed by atoms with Crippen molar-refractivity contribution in [1.29, 1.82) is 0 Å². The Morgan fingerprint density at radius 3 is 2.07 bits per heavy atom. The molecule has 0 radical (unpaired) electrons. The number of rotatable bonds is 7. The molecule has 0 aliphatic carbocycles. The number of nitrogens with one attached hydrogen (secondary N) is 1. The second-order valence-corrected chi connectivity index (χ2v) is 8.68. The second-order valence-electron chi connectivity index (χ2n) is 6.45. The van der Waals surface area contributed by atoms with E-state index < -0.39 is 0 Å². The molecular weight excluding hydrogens is 417 g/mol. The molecule has 5 heteroatoms. The monoisotopic (exact) mass is 435 g/mol. The van der Waals surface area contributed by atoms with E-state index in [1.54, 1.807) is 11.9 Å². The molecule has 0 saturated carbocycles. The van der Waals surface area contributed by atoms with Gasteiger partial charge in [-0.1, -0.05) is 65.1 Å². The largest absolute Gasteiger partial charge is 0.256 e. The van der Waals surface area contributed by atoms with Gasteiger partial charge in [-0.2, -0.15) is 0 Å². The average Bonchev–Trinajstić information content (AvgIpc) is 2.67. The van der Waals surface area contributed by atoms with Gasteiger partial charge in [-0.15, -0.1) is 0 Å². The number of benzene rings is 3. The Kier molecular flexibility index (Phi) is 7.51. The second kappa shape index (κ2) is 9.86. The van der Waals surface area contributed by atoms with Gasteiger partial charge in [-0.05, 0) is 78.9 Å². The van der Waals surface area contributed by atoms with Gasteiger partial charge in [0.1, 0.15) is 0 Å². The molecule has 140 valence electrons. The molecule has 0 spiro atoms. The molecule has 1 N–H and O–H groups in total. The molecule has 0 heterocycles. The molecule has 0 saturated heterocycles. The third-order valence-corrected chi connectivity index (χ3v) is 6.15. The lowest BCUT2D eigenvalue weighted by atomic mass is 9.87. The first-order chi connectivity index (χ1) is 13.0. The summed E-state index contributed by atoms with van der Waals surface area (Å²) in [6, 6.07) is 24.2. The minimum absolute atomic E-state index is 0.228. The fourth-order valence-electron chi connectivity index (χ4n) is 2.94. The van der Waals surface area contributed by atoms with Gasteiger partial charge in [0.2, 0.25) is 0 Å². The molecule has 0 aromatic heterocycles. The number of hydrogen-bond acceptors (Lipinski definition) is 2. The van der Waals surface area contributed by atoms with Crippen molar-refractivity contribution in [1.82, 2.24) is 4.72 Å².